The molecule has 0 spiro atoms. The van der Waals surface area contributed by atoms with Crippen LogP contribution in [-0.4, -0.2) is 23.4 Å². The van der Waals surface area contributed by atoms with Crippen molar-refractivity contribution >= 4 is 5.91 Å². The number of hydrogen-bond donors (Lipinski definition) is 1. The minimum absolute atomic E-state index is 0.0689. The van der Waals surface area contributed by atoms with E-state index in [4.69, 9.17) is 10.2 Å². The first kappa shape index (κ1) is 16.1. The number of nitrogens with two attached hydrogens (primary N) is 1. The maximum Gasteiger partial charge on any atom is 0.227 e. The summed E-state index contributed by atoms with van der Waals surface area (Å²) in [6, 6.07) is 4.17. The van der Waals surface area contributed by atoms with Gasteiger partial charge in [-0.2, -0.15) is 0 Å². The Bertz CT molecular complexity index is 422. The normalized spacial score (nSPS) is 17.3. The van der Waals surface area contributed by atoms with E-state index in [0.717, 1.165) is 25.0 Å². The molecule has 0 radical (unpaired) electrons. The highest BCUT2D eigenvalue weighted by molar-refractivity contribution is 5.79. The molecule has 0 aliphatic heterocycles. The molecule has 1 aliphatic rings. The van der Waals surface area contributed by atoms with Gasteiger partial charge >= 0.3 is 0 Å². The molecule has 1 aliphatic carbocycles. The van der Waals surface area contributed by atoms with Crippen LogP contribution in [0.25, 0.3) is 0 Å². The first-order valence-corrected chi connectivity index (χ1v) is 8.14. The maximum absolute atomic E-state index is 12.9. The zero-order valence-electron chi connectivity index (χ0n) is 13.3. The second kappa shape index (κ2) is 7.64. The van der Waals surface area contributed by atoms with Gasteiger partial charge in [-0.25, -0.2) is 0 Å². The Morgan fingerprint density at radius 1 is 1.43 bits per heavy atom. The van der Waals surface area contributed by atoms with Crippen LogP contribution in [0.15, 0.2) is 22.8 Å². The van der Waals surface area contributed by atoms with Crippen molar-refractivity contribution < 1.29 is 9.21 Å². The van der Waals surface area contributed by atoms with Gasteiger partial charge in [0.2, 0.25) is 5.91 Å². The van der Waals surface area contributed by atoms with Gasteiger partial charge in [-0.1, -0.05) is 26.7 Å². The fraction of sp³-hybridized carbons (Fsp3) is 0.706. The van der Waals surface area contributed by atoms with Crippen LogP contribution in [-0.2, 0) is 11.3 Å². The van der Waals surface area contributed by atoms with Crippen LogP contribution >= 0.6 is 0 Å². The summed E-state index contributed by atoms with van der Waals surface area (Å²) in [4.78, 5) is 14.9. The lowest BCUT2D eigenvalue weighted by Gasteiger charge is -2.32. The summed E-state index contributed by atoms with van der Waals surface area (Å²) in [5.74, 6) is 1.47. The lowest BCUT2D eigenvalue weighted by atomic mass is 9.95. The first-order valence-electron chi connectivity index (χ1n) is 8.14. The average molecular weight is 292 g/mol. The molecular weight excluding hydrogens is 264 g/mol. The van der Waals surface area contributed by atoms with Crippen LogP contribution in [0.4, 0.5) is 0 Å². The third kappa shape index (κ3) is 4.34. The van der Waals surface area contributed by atoms with Gasteiger partial charge in [-0.15, -0.1) is 0 Å². The van der Waals surface area contributed by atoms with Crippen molar-refractivity contribution in [3.8, 4) is 0 Å². The van der Waals surface area contributed by atoms with Crippen molar-refractivity contribution in [3.63, 3.8) is 0 Å². The van der Waals surface area contributed by atoms with E-state index in [1.54, 1.807) is 6.26 Å². The van der Waals surface area contributed by atoms with Crippen molar-refractivity contribution in [1.82, 2.24) is 4.90 Å². The Morgan fingerprint density at radius 3 is 2.67 bits per heavy atom. The summed E-state index contributed by atoms with van der Waals surface area (Å²) >= 11 is 0. The number of amides is 1. The minimum Gasteiger partial charge on any atom is -0.467 e. The second-order valence-electron chi connectivity index (χ2n) is 6.55. The molecule has 1 aromatic heterocycles. The van der Waals surface area contributed by atoms with Crippen molar-refractivity contribution in [2.24, 2.45) is 17.6 Å². The van der Waals surface area contributed by atoms with Crippen molar-refractivity contribution in [1.29, 1.82) is 0 Å². The van der Waals surface area contributed by atoms with Crippen LogP contribution in [0.1, 0.15) is 51.7 Å². The van der Waals surface area contributed by atoms with E-state index in [-0.39, 0.29) is 11.8 Å². The molecule has 0 saturated heterocycles. The van der Waals surface area contributed by atoms with E-state index in [2.05, 4.69) is 13.8 Å². The van der Waals surface area contributed by atoms with Crippen LogP contribution < -0.4 is 5.73 Å². The molecular formula is C17H28N2O2. The van der Waals surface area contributed by atoms with Crippen LogP contribution in [0.3, 0.4) is 0 Å². The summed E-state index contributed by atoms with van der Waals surface area (Å²) < 4.78 is 5.44. The SMILES string of the molecule is CC(C)CC(CN)C(=O)N(Cc1ccco1)C1CCCC1. The Kier molecular flexibility index (Phi) is 5.85. The van der Waals surface area contributed by atoms with Crippen LogP contribution in [0.2, 0.25) is 0 Å². The highest BCUT2D eigenvalue weighted by Crippen LogP contribution is 2.27. The van der Waals surface area contributed by atoms with Crippen LogP contribution in [0.5, 0.6) is 0 Å². The number of carbonyl (C=O) groups is 1. The molecule has 21 heavy (non-hydrogen) atoms. The molecule has 1 aromatic rings. The smallest absolute Gasteiger partial charge is 0.227 e. The summed E-state index contributed by atoms with van der Waals surface area (Å²) in [6.45, 7) is 5.29. The fourth-order valence-corrected chi connectivity index (χ4v) is 3.27. The third-order valence-electron chi connectivity index (χ3n) is 4.34. The van der Waals surface area contributed by atoms with Gasteiger partial charge in [0, 0.05) is 12.6 Å². The molecule has 1 fully saturated rings. The second-order valence-corrected chi connectivity index (χ2v) is 6.55. The molecule has 1 atom stereocenters. The predicted octanol–water partition coefficient (Wildman–Crippen LogP) is 3.17. The van der Waals surface area contributed by atoms with Gasteiger partial charge in [0.05, 0.1) is 18.7 Å². The van der Waals surface area contributed by atoms with Gasteiger partial charge in [0.1, 0.15) is 5.76 Å². The number of hydrogen-bond acceptors (Lipinski definition) is 3. The van der Waals surface area contributed by atoms with Crippen molar-refractivity contribution in [2.75, 3.05) is 6.54 Å². The fourth-order valence-electron chi connectivity index (χ4n) is 3.27. The maximum atomic E-state index is 12.9. The van der Waals surface area contributed by atoms with Gasteiger partial charge in [0.25, 0.3) is 0 Å². The van der Waals surface area contributed by atoms with Crippen molar-refractivity contribution in [2.45, 2.75) is 58.5 Å². The third-order valence-corrected chi connectivity index (χ3v) is 4.34. The average Bonchev–Trinajstić information content (AvgIpc) is 3.13. The molecule has 1 amide bonds. The molecule has 4 heteroatoms. The largest absolute Gasteiger partial charge is 0.467 e. The molecule has 0 bridgehead atoms. The van der Waals surface area contributed by atoms with Gasteiger partial charge in [-0.3, -0.25) is 4.79 Å². The van der Waals surface area contributed by atoms with Crippen LogP contribution in [0, 0.1) is 11.8 Å². The zero-order chi connectivity index (χ0) is 15.2. The Labute approximate surface area is 127 Å². The first-order chi connectivity index (χ1) is 10.1. The van der Waals surface area contributed by atoms with E-state index in [1.165, 1.54) is 12.8 Å². The molecule has 1 heterocycles. The molecule has 1 saturated carbocycles. The highest BCUT2D eigenvalue weighted by atomic mass is 16.3. The molecule has 2 rings (SSSR count). The van der Waals surface area contributed by atoms with E-state index < -0.39 is 0 Å². The van der Waals surface area contributed by atoms with Gasteiger partial charge in [0.15, 0.2) is 0 Å². The predicted molar refractivity (Wildman–Crippen MR) is 83.5 cm³/mol. The van der Waals surface area contributed by atoms with E-state index >= 15 is 0 Å². The van der Waals surface area contributed by atoms with E-state index in [9.17, 15) is 4.79 Å². The Hall–Kier alpha value is -1.29. The quantitative estimate of drug-likeness (QED) is 0.839. The van der Waals surface area contributed by atoms with Gasteiger partial charge in [-0.05, 0) is 37.3 Å². The Balaban J connectivity index is 2.10. The molecule has 1 unspecified atom stereocenters. The van der Waals surface area contributed by atoms with E-state index in [1.807, 2.05) is 17.0 Å². The number of furan rings is 1. The lowest BCUT2D eigenvalue weighted by molar-refractivity contribution is -0.139. The summed E-state index contributed by atoms with van der Waals surface area (Å²) in [7, 11) is 0. The number of carbonyl (C=O) groups excluding carboxylic acids is 1. The summed E-state index contributed by atoms with van der Waals surface area (Å²) in [5, 5.41) is 0. The van der Waals surface area contributed by atoms with Gasteiger partial charge < -0.3 is 15.1 Å². The number of nitrogens with zero attached hydrogens (tertiary/aromatic N) is 1. The zero-order valence-corrected chi connectivity index (χ0v) is 13.3. The Morgan fingerprint density at radius 2 is 2.14 bits per heavy atom. The number of rotatable bonds is 7. The monoisotopic (exact) mass is 292 g/mol. The highest BCUT2D eigenvalue weighted by Gasteiger charge is 2.31. The minimum atomic E-state index is -0.0689. The summed E-state index contributed by atoms with van der Waals surface area (Å²) in [5.41, 5.74) is 5.86. The van der Waals surface area contributed by atoms with E-state index in [0.29, 0.717) is 25.0 Å². The summed E-state index contributed by atoms with van der Waals surface area (Å²) in [6.07, 6.45) is 7.16. The lowest BCUT2D eigenvalue weighted by Crippen LogP contribution is -2.44. The topological polar surface area (TPSA) is 59.5 Å². The molecule has 2 N–H and O–H groups in total. The molecule has 0 aromatic carbocycles. The molecule has 118 valence electrons. The molecule has 4 nitrogen and oxygen atoms in total. The van der Waals surface area contributed by atoms with Crippen molar-refractivity contribution in [3.05, 3.63) is 24.2 Å². The standard InChI is InChI=1S/C17H28N2O2/c1-13(2)10-14(11-18)17(20)19(15-6-3-4-7-15)12-16-8-5-9-21-16/h5,8-9,13-15H,3-4,6-7,10-12,18H2,1-2H3.